The smallest absolute Gasteiger partial charge is 0.303 e. The molecule has 0 spiro atoms. The standard InChI is InChI=1S/C13H16O5/c1-13(10-4-2-3-5-11(10)14)17-8-9(18-13)6-7-12(15)16/h2-5,9,14H,6-8H2,1H3,(H,15,16). The first-order valence-electron chi connectivity index (χ1n) is 5.83. The summed E-state index contributed by atoms with van der Waals surface area (Å²) in [6.45, 7) is 2.06. The van der Waals surface area contributed by atoms with Crippen LogP contribution in [0, 0.1) is 0 Å². The van der Waals surface area contributed by atoms with Gasteiger partial charge in [0.05, 0.1) is 18.3 Å². The zero-order valence-electron chi connectivity index (χ0n) is 10.1. The molecule has 1 aromatic carbocycles. The first-order chi connectivity index (χ1) is 8.51. The minimum Gasteiger partial charge on any atom is -0.507 e. The third-order valence-electron chi connectivity index (χ3n) is 3.01. The number of aliphatic carboxylic acids is 1. The molecule has 5 heteroatoms. The van der Waals surface area contributed by atoms with Gasteiger partial charge in [0.1, 0.15) is 5.75 Å². The molecule has 1 heterocycles. The Labute approximate surface area is 105 Å². The summed E-state index contributed by atoms with van der Waals surface area (Å²) in [5, 5.41) is 18.4. The maximum absolute atomic E-state index is 10.5. The normalized spacial score (nSPS) is 27.3. The molecular formula is C13H16O5. The van der Waals surface area contributed by atoms with E-state index in [0.717, 1.165) is 0 Å². The second-order valence-corrected chi connectivity index (χ2v) is 4.45. The lowest BCUT2D eigenvalue weighted by molar-refractivity contribution is -0.164. The summed E-state index contributed by atoms with van der Waals surface area (Å²) in [5.74, 6) is -1.75. The van der Waals surface area contributed by atoms with Crippen molar-refractivity contribution in [3.63, 3.8) is 0 Å². The molecule has 1 saturated heterocycles. The predicted molar refractivity (Wildman–Crippen MR) is 63.2 cm³/mol. The van der Waals surface area contributed by atoms with E-state index in [0.29, 0.717) is 18.6 Å². The minimum atomic E-state index is -1.01. The number of ether oxygens (including phenoxy) is 2. The van der Waals surface area contributed by atoms with Gasteiger partial charge in [-0.25, -0.2) is 0 Å². The zero-order valence-corrected chi connectivity index (χ0v) is 10.1. The van der Waals surface area contributed by atoms with Gasteiger partial charge in [-0.1, -0.05) is 12.1 Å². The van der Waals surface area contributed by atoms with E-state index in [4.69, 9.17) is 14.6 Å². The van der Waals surface area contributed by atoms with Crippen molar-refractivity contribution < 1.29 is 24.5 Å². The van der Waals surface area contributed by atoms with Crippen LogP contribution in [0.25, 0.3) is 0 Å². The number of aromatic hydroxyl groups is 1. The number of rotatable bonds is 4. The molecule has 0 aromatic heterocycles. The van der Waals surface area contributed by atoms with Crippen molar-refractivity contribution in [1.82, 2.24) is 0 Å². The van der Waals surface area contributed by atoms with Gasteiger partial charge >= 0.3 is 5.97 Å². The number of carboxylic acids is 1. The van der Waals surface area contributed by atoms with Crippen molar-refractivity contribution in [2.75, 3.05) is 6.61 Å². The first-order valence-corrected chi connectivity index (χ1v) is 5.83. The Kier molecular flexibility index (Phi) is 3.54. The molecule has 1 fully saturated rings. The maximum Gasteiger partial charge on any atom is 0.303 e. The number of hydrogen-bond donors (Lipinski definition) is 2. The molecule has 0 amide bonds. The third-order valence-corrected chi connectivity index (χ3v) is 3.01. The minimum absolute atomic E-state index is 0.0465. The first kappa shape index (κ1) is 12.9. The lowest BCUT2D eigenvalue weighted by Gasteiger charge is -2.24. The fourth-order valence-electron chi connectivity index (χ4n) is 2.06. The summed E-state index contributed by atoms with van der Waals surface area (Å²) < 4.78 is 11.3. The van der Waals surface area contributed by atoms with Gasteiger partial charge in [-0.3, -0.25) is 4.79 Å². The van der Waals surface area contributed by atoms with Crippen molar-refractivity contribution in [2.45, 2.75) is 31.7 Å². The van der Waals surface area contributed by atoms with Crippen LogP contribution in [0.4, 0.5) is 0 Å². The number of carboxylic acid groups (broad SMARTS) is 1. The van der Waals surface area contributed by atoms with Crippen LogP contribution in [-0.2, 0) is 20.1 Å². The number of hydrogen-bond acceptors (Lipinski definition) is 4. The van der Waals surface area contributed by atoms with E-state index in [9.17, 15) is 9.90 Å². The van der Waals surface area contributed by atoms with Crippen LogP contribution in [0.1, 0.15) is 25.3 Å². The molecule has 2 rings (SSSR count). The maximum atomic E-state index is 10.5. The van der Waals surface area contributed by atoms with Gasteiger partial charge in [0.25, 0.3) is 0 Å². The number of phenols is 1. The summed E-state index contributed by atoms with van der Waals surface area (Å²) in [7, 11) is 0. The lowest BCUT2D eigenvalue weighted by atomic mass is 10.1. The molecule has 2 N–H and O–H groups in total. The fourth-order valence-corrected chi connectivity index (χ4v) is 2.06. The van der Waals surface area contributed by atoms with Gasteiger partial charge < -0.3 is 19.7 Å². The monoisotopic (exact) mass is 252 g/mol. The fraction of sp³-hybridized carbons (Fsp3) is 0.462. The molecule has 5 nitrogen and oxygen atoms in total. The van der Waals surface area contributed by atoms with Crippen LogP contribution in [-0.4, -0.2) is 28.9 Å². The second kappa shape index (κ2) is 4.96. The van der Waals surface area contributed by atoms with Crippen LogP contribution in [0.5, 0.6) is 5.75 Å². The Balaban J connectivity index is 2.06. The second-order valence-electron chi connectivity index (χ2n) is 4.45. The highest BCUT2D eigenvalue weighted by Crippen LogP contribution is 2.39. The van der Waals surface area contributed by atoms with Gasteiger partial charge in [0, 0.05) is 6.42 Å². The molecule has 0 saturated carbocycles. The Hall–Kier alpha value is -1.59. The summed E-state index contributed by atoms with van der Waals surface area (Å²) in [4.78, 5) is 10.5. The number of carbonyl (C=O) groups is 1. The molecule has 1 aliphatic rings. The summed E-state index contributed by atoms with van der Waals surface area (Å²) >= 11 is 0. The summed E-state index contributed by atoms with van der Waals surface area (Å²) in [6.07, 6.45) is 0.189. The SMILES string of the molecule is CC1(c2ccccc2O)OCC(CCC(=O)O)O1. The van der Waals surface area contributed by atoms with E-state index >= 15 is 0 Å². The predicted octanol–water partition coefficient (Wildman–Crippen LogP) is 1.85. The Morgan fingerprint density at radius 1 is 1.50 bits per heavy atom. The van der Waals surface area contributed by atoms with E-state index in [1.807, 2.05) is 0 Å². The Morgan fingerprint density at radius 3 is 2.89 bits per heavy atom. The molecular weight excluding hydrogens is 236 g/mol. The molecule has 0 radical (unpaired) electrons. The van der Waals surface area contributed by atoms with Crippen molar-refractivity contribution >= 4 is 5.97 Å². The summed E-state index contributed by atoms with van der Waals surface area (Å²) in [5.41, 5.74) is 0.558. The van der Waals surface area contributed by atoms with Gasteiger partial charge in [0.2, 0.25) is 0 Å². The van der Waals surface area contributed by atoms with E-state index < -0.39 is 11.8 Å². The zero-order chi connectivity index (χ0) is 13.2. The third kappa shape index (κ3) is 2.63. The number of para-hydroxylation sites is 1. The van der Waals surface area contributed by atoms with Crippen molar-refractivity contribution in [3.8, 4) is 5.75 Å². The summed E-state index contributed by atoms with van der Waals surface area (Å²) in [6, 6.07) is 6.81. The average molecular weight is 252 g/mol. The van der Waals surface area contributed by atoms with Gasteiger partial charge in [-0.15, -0.1) is 0 Å². The van der Waals surface area contributed by atoms with Crippen LogP contribution in [0.3, 0.4) is 0 Å². The molecule has 18 heavy (non-hydrogen) atoms. The highest BCUT2D eigenvalue weighted by atomic mass is 16.7. The number of benzene rings is 1. The van der Waals surface area contributed by atoms with E-state index in [2.05, 4.69) is 0 Å². The molecule has 0 bridgehead atoms. The van der Waals surface area contributed by atoms with Gasteiger partial charge in [-0.2, -0.15) is 0 Å². The highest BCUT2D eigenvalue weighted by Gasteiger charge is 2.40. The van der Waals surface area contributed by atoms with E-state index in [1.165, 1.54) is 0 Å². The van der Waals surface area contributed by atoms with Crippen molar-refractivity contribution in [1.29, 1.82) is 0 Å². The van der Waals surface area contributed by atoms with Crippen molar-refractivity contribution in [3.05, 3.63) is 29.8 Å². The molecule has 2 unspecified atom stereocenters. The molecule has 1 aromatic rings. The lowest BCUT2D eigenvalue weighted by Crippen LogP contribution is -2.24. The largest absolute Gasteiger partial charge is 0.507 e. The molecule has 2 atom stereocenters. The van der Waals surface area contributed by atoms with Crippen LogP contribution in [0.15, 0.2) is 24.3 Å². The average Bonchev–Trinajstić information content (AvgIpc) is 2.70. The van der Waals surface area contributed by atoms with Crippen molar-refractivity contribution in [2.24, 2.45) is 0 Å². The van der Waals surface area contributed by atoms with Crippen LogP contribution in [0.2, 0.25) is 0 Å². The van der Waals surface area contributed by atoms with E-state index in [-0.39, 0.29) is 18.3 Å². The number of phenolic OH excluding ortho intramolecular Hbond substituents is 1. The Morgan fingerprint density at radius 2 is 2.22 bits per heavy atom. The quantitative estimate of drug-likeness (QED) is 0.855. The molecule has 98 valence electrons. The topological polar surface area (TPSA) is 76.0 Å². The Bertz CT molecular complexity index is 445. The van der Waals surface area contributed by atoms with Crippen LogP contribution >= 0.6 is 0 Å². The van der Waals surface area contributed by atoms with Gasteiger partial charge in [-0.05, 0) is 25.5 Å². The van der Waals surface area contributed by atoms with Crippen LogP contribution < -0.4 is 0 Å². The van der Waals surface area contributed by atoms with Gasteiger partial charge in [0.15, 0.2) is 5.79 Å². The molecule has 1 aliphatic heterocycles. The molecule has 0 aliphatic carbocycles. The highest BCUT2D eigenvalue weighted by molar-refractivity contribution is 5.66. The van der Waals surface area contributed by atoms with E-state index in [1.54, 1.807) is 31.2 Å².